The van der Waals surface area contributed by atoms with Crippen LogP contribution in [0.15, 0.2) is 52.9 Å². The second-order valence-electron chi connectivity index (χ2n) is 8.49. The molecule has 0 aliphatic carbocycles. The van der Waals surface area contributed by atoms with Crippen LogP contribution in [-0.4, -0.2) is 82.5 Å². The average molecular weight is 533 g/mol. The third-order valence-electron chi connectivity index (χ3n) is 6.00. The smallest absolute Gasteiger partial charge is 0.295 e. The van der Waals surface area contributed by atoms with Gasteiger partial charge in [-0.15, -0.1) is 0 Å². The van der Waals surface area contributed by atoms with Gasteiger partial charge in [0.1, 0.15) is 5.76 Å². The second-order valence-corrected chi connectivity index (χ2v) is 10.6. The van der Waals surface area contributed by atoms with E-state index in [1.807, 2.05) is 6.92 Å². The number of likely N-dealkylation sites (tertiary alicyclic amines) is 1. The SMILES string of the molecule is CCOc1ccc(C2C(=C(O)c3ccc(S(=O)(=O)N(C)C)cc3)C(=O)C(=O)N2CCCOC)cc1OC. The maximum absolute atomic E-state index is 13.2. The number of sulfonamides is 1. The van der Waals surface area contributed by atoms with Gasteiger partial charge in [0.05, 0.1) is 30.2 Å². The Balaban J connectivity index is 2.14. The van der Waals surface area contributed by atoms with E-state index in [-0.39, 0.29) is 22.6 Å². The Kier molecular flexibility index (Phi) is 8.95. The third kappa shape index (κ3) is 5.63. The molecule has 1 saturated heterocycles. The lowest BCUT2D eigenvalue weighted by molar-refractivity contribution is -0.140. The standard InChI is InChI=1S/C26H32N2O8S/c1-6-36-20-13-10-18(16-21(20)35-5)23-22(25(30)26(31)28(23)14-7-15-34-4)24(29)17-8-11-19(12-9-17)37(32,33)27(2)3/h8-13,16,23,29H,6-7,14-15H2,1-5H3. The first-order chi connectivity index (χ1) is 17.6. The fourth-order valence-corrected chi connectivity index (χ4v) is 5.02. The molecule has 0 spiro atoms. The first-order valence-electron chi connectivity index (χ1n) is 11.7. The van der Waals surface area contributed by atoms with E-state index in [4.69, 9.17) is 14.2 Å². The van der Waals surface area contributed by atoms with Crippen LogP contribution in [0, 0.1) is 0 Å². The van der Waals surface area contributed by atoms with Crippen molar-refractivity contribution in [2.45, 2.75) is 24.3 Å². The fraction of sp³-hybridized carbons (Fsp3) is 0.385. The van der Waals surface area contributed by atoms with Gasteiger partial charge in [-0.25, -0.2) is 12.7 Å². The average Bonchev–Trinajstić information content (AvgIpc) is 3.13. The van der Waals surface area contributed by atoms with Gasteiger partial charge in [0.15, 0.2) is 11.5 Å². The first kappa shape index (κ1) is 28.2. The molecular formula is C26H32N2O8S. The Labute approximate surface area is 217 Å². The number of ether oxygens (including phenoxy) is 3. The monoisotopic (exact) mass is 532 g/mol. The number of ketones is 1. The van der Waals surface area contributed by atoms with Gasteiger partial charge in [-0.3, -0.25) is 9.59 Å². The molecule has 0 saturated carbocycles. The molecule has 1 unspecified atom stereocenters. The number of aliphatic hydroxyl groups excluding tert-OH is 1. The number of rotatable bonds is 11. The van der Waals surface area contributed by atoms with Gasteiger partial charge < -0.3 is 24.2 Å². The maximum atomic E-state index is 13.2. The fourth-order valence-electron chi connectivity index (χ4n) is 4.12. The Morgan fingerprint density at radius 1 is 1.05 bits per heavy atom. The van der Waals surface area contributed by atoms with Crippen LogP contribution < -0.4 is 9.47 Å². The van der Waals surface area contributed by atoms with Crippen LogP contribution in [0.2, 0.25) is 0 Å². The molecule has 1 aliphatic rings. The molecule has 2 aromatic rings. The molecule has 2 aromatic carbocycles. The number of hydrogen-bond donors (Lipinski definition) is 1. The number of Topliss-reactive ketones (excluding diaryl/α,β-unsaturated/α-hetero) is 1. The molecule has 37 heavy (non-hydrogen) atoms. The molecule has 1 heterocycles. The molecule has 1 N–H and O–H groups in total. The number of hydrogen-bond acceptors (Lipinski definition) is 8. The molecule has 11 heteroatoms. The van der Waals surface area contributed by atoms with Gasteiger partial charge in [0.2, 0.25) is 10.0 Å². The van der Waals surface area contributed by atoms with E-state index in [1.54, 1.807) is 25.3 Å². The van der Waals surface area contributed by atoms with E-state index in [9.17, 15) is 23.1 Å². The van der Waals surface area contributed by atoms with E-state index in [0.717, 1.165) is 4.31 Å². The zero-order chi connectivity index (χ0) is 27.3. The first-order valence-corrected chi connectivity index (χ1v) is 13.1. The molecule has 1 fully saturated rings. The van der Waals surface area contributed by atoms with Crippen LogP contribution >= 0.6 is 0 Å². The van der Waals surface area contributed by atoms with Gasteiger partial charge in [0, 0.05) is 39.9 Å². The van der Waals surface area contributed by atoms with Gasteiger partial charge in [-0.2, -0.15) is 0 Å². The molecule has 0 radical (unpaired) electrons. The summed E-state index contributed by atoms with van der Waals surface area (Å²) in [5.74, 6) is -1.07. The number of nitrogens with zero attached hydrogens (tertiary/aromatic N) is 2. The Hall–Kier alpha value is -3.41. The lowest BCUT2D eigenvalue weighted by atomic mass is 9.95. The summed E-state index contributed by atoms with van der Waals surface area (Å²) in [5.41, 5.74) is 0.651. The number of carbonyl (C=O) groups excluding carboxylic acids is 2. The van der Waals surface area contributed by atoms with Crippen molar-refractivity contribution in [2.75, 3.05) is 48.1 Å². The number of amides is 1. The Morgan fingerprint density at radius 3 is 2.30 bits per heavy atom. The van der Waals surface area contributed by atoms with Crippen molar-refractivity contribution in [2.24, 2.45) is 0 Å². The highest BCUT2D eigenvalue weighted by atomic mass is 32.2. The minimum absolute atomic E-state index is 0.0295. The number of carbonyl (C=O) groups is 2. The molecule has 1 aliphatic heterocycles. The van der Waals surface area contributed by atoms with Gasteiger partial charge in [-0.1, -0.05) is 6.07 Å². The van der Waals surface area contributed by atoms with E-state index in [0.29, 0.717) is 36.7 Å². The molecule has 1 atom stereocenters. The topological polar surface area (TPSA) is 123 Å². The van der Waals surface area contributed by atoms with Crippen LogP contribution in [0.3, 0.4) is 0 Å². The van der Waals surface area contributed by atoms with Crippen molar-refractivity contribution in [1.29, 1.82) is 0 Å². The van der Waals surface area contributed by atoms with Crippen molar-refractivity contribution in [3.63, 3.8) is 0 Å². The van der Waals surface area contributed by atoms with Crippen molar-refractivity contribution < 1.29 is 37.3 Å². The van der Waals surface area contributed by atoms with E-state index >= 15 is 0 Å². The predicted molar refractivity (Wildman–Crippen MR) is 137 cm³/mol. The van der Waals surface area contributed by atoms with Crippen LogP contribution in [0.5, 0.6) is 11.5 Å². The van der Waals surface area contributed by atoms with Crippen molar-refractivity contribution in [3.05, 3.63) is 59.2 Å². The maximum Gasteiger partial charge on any atom is 0.295 e. The highest BCUT2D eigenvalue weighted by Gasteiger charge is 2.46. The number of benzene rings is 2. The molecule has 1 amide bonds. The largest absolute Gasteiger partial charge is 0.507 e. The quantitative estimate of drug-likeness (QED) is 0.203. The minimum atomic E-state index is -3.68. The van der Waals surface area contributed by atoms with Crippen molar-refractivity contribution in [1.82, 2.24) is 9.21 Å². The lowest BCUT2D eigenvalue weighted by Crippen LogP contribution is -2.31. The summed E-state index contributed by atoms with van der Waals surface area (Å²) in [6.07, 6.45) is 0.477. The summed E-state index contributed by atoms with van der Waals surface area (Å²) in [6, 6.07) is 9.67. The number of aliphatic hydroxyl groups is 1. The summed E-state index contributed by atoms with van der Waals surface area (Å²) >= 11 is 0. The van der Waals surface area contributed by atoms with E-state index in [2.05, 4.69) is 0 Å². The van der Waals surface area contributed by atoms with Crippen LogP contribution in [0.4, 0.5) is 0 Å². The van der Waals surface area contributed by atoms with E-state index in [1.165, 1.54) is 50.4 Å². The summed E-state index contributed by atoms with van der Waals surface area (Å²) in [5, 5.41) is 11.2. The van der Waals surface area contributed by atoms with Gasteiger partial charge in [0.25, 0.3) is 11.7 Å². The highest BCUT2D eigenvalue weighted by Crippen LogP contribution is 2.42. The third-order valence-corrected chi connectivity index (χ3v) is 7.83. The normalized spacial score (nSPS) is 17.5. The van der Waals surface area contributed by atoms with Gasteiger partial charge >= 0.3 is 0 Å². The van der Waals surface area contributed by atoms with Crippen LogP contribution in [0.1, 0.15) is 30.5 Å². The molecule has 3 rings (SSSR count). The number of methoxy groups -OCH3 is 2. The molecule has 0 aromatic heterocycles. The lowest BCUT2D eigenvalue weighted by Gasteiger charge is -2.26. The predicted octanol–water partition coefficient (Wildman–Crippen LogP) is 2.80. The highest BCUT2D eigenvalue weighted by molar-refractivity contribution is 7.89. The zero-order valence-corrected chi connectivity index (χ0v) is 22.4. The Morgan fingerprint density at radius 2 is 1.73 bits per heavy atom. The molecular weight excluding hydrogens is 500 g/mol. The van der Waals surface area contributed by atoms with Crippen molar-refractivity contribution in [3.8, 4) is 11.5 Å². The molecule has 10 nitrogen and oxygen atoms in total. The van der Waals surface area contributed by atoms with E-state index < -0.39 is 33.5 Å². The van der Waals surface area contributed by atoms with Crippen LogP contribution in [0.25, 0.3) is 5.76 Å². The summed E-state index contributed by atoms with van der Waals surface area (Å²) in [6.45, 7) is 2.86. The molecule has 0 bridgehead atoms. The minimum Gasteiger partial charge on any atom is -0.507 e. The van der Waals surface area contributed by atoms with Crippen molar-refractivity contribution >= 4 is 27.5 Å². The Bertz CT molecular complexity index is 1290. The second kappa shape index (κ2) is 11.8. The summed E-state index contributed by atoms with van der Waals surface area (Å²) < 4.78 is 42.1. The van der Waals surface area contributed by atoms with Gasteiger partial charge in [-0.05, 0) is 55.3 Å². The zero-order valence-electron chi connectivity index (χ0n) is 21.6. The van der Waals surface area contributed by atoms with Crippen LogP contribution in [-0.2, 0) is 24.3 Å². The summed E-state index contributed by atoms with van der Waals surface area (Å²) in [7, 11) is 2.18. The summed E-state index contributed by atoms with van der Waals surface area (Å²) in [4.78, 5) is 27.7. The molecule has 200 valence electrons.